The first kappa shape index (κ1) is 16.1. The van der Waals surface area contributed by atoms with Gasteiger partial charge >= 0.3 is 16.1 Å². The summed E-state index contributed by atoms with van der Waals surface area (Å²) in [6.45, 7) is 0. The summed E-state index contributed by atoms with van der Waals surface area (Å²) in [6.07, 6.45) is 1.36. The van der Waals surface area contributed by atoms with E-state index >= 15 is 0 Å². The number of hydrogen-bond acceptors (Lipinski definition) is 9. The molecule has 2 aromatic heterocycles. The van der Waals surface area contributed by atoms with Crippen LogP contribution in [0.3, 0.4) is 0 Å². The van der Waals surface area contributed by atoms with Crippen LogP contribution in [0.15, 0.2) is 46.9 Å². The molecule has 2 heterocycles. The van der Waals surface area contributed by atoms with E-state index in [9.17, 15) is 13.2 Å². The van der Waals surface area contributed by atoms with E-state index in [0.717, 1.165) is 11.3 Å². The molecular weight excluding hydrogens is 356 g/mol. The number of tetrazole rings is 1. The fourth-order valence-corrected chi connectivity index (χ4v) is 4.10. The number of thiophene rings is 1. The summed E-state index contributed by atoms with van der Waals surface area (Å²) < 4.78 is 35.9. The van der Waals surface area contributed by atoms with E-state index in [1.807, 2.05) is 0 Å². The molecule has 0 aliphatic carbocycles. The fourth-order valence-electron chi connectivity index (χ4n) is 1.86. The molecule has 0 N–H and O–H groups in total. The molecule has 3 rings (SSSR count). The van der Waals surface area contributed by atoms with E-state index in [4.69, 9.17) is 4.18 Å². The van der Waals surface area contributed by atoms with Crippen LogP contribution in [-0.2, 0) is 14.9 Å². The van der Waals surface area contributed by atoms with Gasteiger partial charge in [0.1, 0.15) is 21.8 Å². The zero-order chi connectivity index (χ0) is 17.2. The van der Waals surface area contributed by atoms with Gasteiger partial charge in [0.15, 0.2) is 0 Å². The lowest BCUT2D eigenvalue weighted by Gasteiger charge is -2.08. The molecule has 0 radical (unpaired) electrons. The van der Waals surface area contributed by atoms with Crippen LogP contribution in [0, 0.1) is 0 Å². The number of carbonyl (C=O) groups excluding carboxylic acids is 1. The summed E-state index contributed by atoms with van der Waals surface area (Å²) >= 11 is 0.956. The van der Waals surface area contributed by atoms with Crippen molar-refractivity contribution < 1.29 is 22.1 Å². The third kappa shape index (κ3) is 3.12. The zero-order valence-electron chi connectivity index (χ0n) is 12.2. The fraction of sp³-hybridized carbons (Fsp3) is 0.0769. The molecule has 3 aromatic rings. The van der Waals surface area contributed by atoms with Crippen LogP contribution in [0.1, 0.15) is 9.67 Å². The van der Waals surface area contributed by atoms with Gasteiger partial charge in [-0.2, -0.15) is 8.42 Å². The average molecular weight is 366 g/mol. The van der Waals surface area contributed by atoms with Crippen molar-refractivity contribution in [3.63, 3.8) is 0 Å². The van der Waals surface area contributed by atoms with Gasteiger partial charge in [-0.3, -0.25) is 0 Å². The second kappa shape index (κ2) is 6.37. The normalized spacial score (nSPS) is 11.2. The summed E-state index contributed by atoms with van der Waals surface area (Å²) in [7, 11) is -3.02. The second-order valence-corrected chi connectivity index (χ2v) is 6.83. The Bertz CT molecular complexity index is 966. The quantitative estimate of drug-likeness (QED) is 0.490. The van der Waals surface area contributed by atoms with Gasteiger partial charge < -0.3 is 8.92 Å². The van der Waals surface area contributed by atoms with Crippen molar-refractivity contribution in [2.75, 3.05) is 7.11 Å². The van der Waals surface area contributed by atoms with Gasteiger partial charge in [0.2, 0.25) is 0 Å². The number of carbonyl (C=O) groups is 1. The molecule has 0 fully saturated rings. The van der Waals surface area contributed by atoms with Crippen molar-refractivity contribution in [2.45, 2.75) is 4.90 Å². The van der Waals surface area contributed by atoms with E-state index in [-0.39, 0.29) is 15.5 Å². The van der Waals surface area contributed by atoms with E-state index in [2.05, 4.69) is 20.3 Å². The predicted molar refractivity (Wildman–Crippen MR) is 82.6 cm³/mol. The Morgan fingerprint density at radius 3 is 2.83 bits per heavy atom. The van der Waals surface area contributed by atoms with Crippen LogP contribution in [0.5, 0.6) is 5.75 Å². The molecule has 24 heavy (non-hydrogen) atoms. The highest BCUT2D eigenvalue weighted by Crippen LogP contribution is 2.27. The van der Waals surface area contributed by atoms with Crippen LogP contribution in [0.4, 0.5) is 0 Å². The first-order valence-electron chi connectivity index (χ1n) is 6.45. The summed E-state index contributed by atoms with van der Waals surface area (Å²) in [5, 5.41) is 12.2. The summed E-state index contributed by atoms with van der Waals surface area (Å²) in [6, 6.07) is 7.49. The van der Waals surface area contributed by atoms with Gasteiger partial charge in [-0.15, -0.1) is 16.4 Å². The zero-order valence-corrected chi connectivity index (χ0v) is 13.8. The average Bonchev–Trinajstić information content (AvgIpc) is 3.25. The Balaban J connectivity index is 1.92. The molecule has 0 aliphatic rings. The van der Waals surface area contributed by atoms with E-state index in [1.165, 1.54) is 41.7 Å². The van der Waals surface area contributed by atoms with Crippen LogP contribution < -0.4 is 4.18 Å². The largest absolute Gasteiger partial charge is 0.465 e. The SMILES string of the molecule is COC(=O)c1sccc1S(=O)(=O)Oc1cccc(-n2cnnn2)c1. The molecule has 124 valence electrons. The van der Waals surface area contributed by atoms with Gasteiger partial charge in [-0.05, 0) is 34.0 Å². The number of aromatic nitrogens is 4. The van der Waals surface area contributed by atoms with E-state index < -0.39 is 16.1 Å². The maximum Gasteiger partial charge on any atom is 0.349 e. The number of esters is 1. The molecular formula is C13H10N4O5S2. The molecule has 11 heteroatoms. The smallest absolute Gasteiger partial charge is 0.349 e. The lowest BCUT2D eigenvalue weighted by molar-refractivity contribution is 0.0602. The highest BCUT2D eigenvalue weighted by Gasteiger charge is 2.26. The molecule has 0 saturated heterocycles. The molecule has 0 saturated carbocycles. The third-order valence-electron chi connectivity index (χ3n) is 2.91. The molecule has 0 atom stereocenters. The minimum atomic E-state index is -4.19. The molecule has 0 spiro atoms. The highest BCUT2D eigenvalue weighted by atomic mass is 32.2. The predicted octanol–water partition coefficient (Wildman–Crippen LogP) is 1.28. The summed E-state index contributed by atoms with van der Waals surface area (Å²) in [5.41, 5.74) is 0.520. The topological polar surface area (TPSA) is 113 Å². The molecule has 0 aliphatic heterocycles. The Morgan fingerprint density at radius 2 is 2.12 bits per heavy atom. The van der Waals surface area contributed by atoms with Crippen LogP contribution in [0.25, 0.3) is 5.69 Å². The van der Waals surface area contributed by atoms with Gasteiger partial charge in [-0.1, -0.05) is 6.07 Å². The number of rotatable bonds is 5. The van der Waals surface area contributed by atoms with Crippen molar-refractivity contribution in [3.8, 4) is 11.4 Å². The first-order chi connectivity index (χ1) is 11.5. The summed E-state index contributed by atoms with van der Waals surface area (Å²) in [5.74, 6) is -0.681. The minimum Gasteiger partial charge on any atom is -0.465 e. The Hall–Kier alpha value is -2.79. The Morgan fingerprint density at radius 1 is 1.29 bits per heavy atom. The number of hydrogen-bond donors (Lipinski definition) is 0. The Labute approximate surface area is 140 Å². The molecule has 0 amide bonds. The molecule has 1 aromatic carbocycles. The molecule has 0 unspecified atom stereocenters. The number of benzene rings is 1. The number of methoxy groups -OCH3 is 1. The van der Waals surface area contributed by atoms with Crippen LogP contribution in [-0.4, -0.2) is 41.7 Å². The number of ether oxygens (including phenoxy) is 1. The lowest BCUT2D eigenvalue weighted by atomic mass is 10.3. The molecule has 9 nitrogen and oxygen atoms in total. The van der Waals surface area contributed by atoms with Crippen molar-refractivity contribution >= 4 is 27.4 Å². The maximum atomic E-state index is 12.4. The highest BCUT2D eigenvalue weighted by molar-refractivity contribution is 7.87. The number of nitrogens with zero attached hydrogens (tertiary/aromatic N) is 4. The standard InChI is InChI=1S/C13H10N4O5S2/c1-21-13(18)12-11(5-6-23-12)24(19,20)22-10-4-2-3-9(7-10)17-8-14-15-16-17/h2-8H,1H3. The van der Waals surface area contributed by atoms with Crippen LogP contribution >= 0.6 is 11.3 Å². The van der Waals surface area contributed by atoms with Gasteiger partial charge in [0.05, 0.1) is 12.8 Å². The van der Waals surface area contributed by atoms with E-state index in [0.29, 0.717) is 5.69 Å². The van der Waals surface area contributed by atoms with Gasteiger partial charge in [-0.25, -0.2) is 9.48 Å². The van der Waals surface area contributed by atoms with Crippen molar-refractivity contribution in [1.29, 1.82) is 0 Å². The van der Waals surface area contributed by atoms with Gasteiger partial charge in [0, 0.05) is 6.07 Å². The summed E-state index contributed by atoms with van der Waals surface area (Å²) in [4.78, 5) is 11.4. The minimum absolute atomic E-state index is 0.0471. The Kier molecular flexibility index (Phi) is 4.27. The third-order valence-corrected chi connectivity index (χ3v) is 5.22. The maximum absolute atomic E-state index is 12.4. The van der Waals surface area contributed by atoms with E-state index in [1.54, 1.807) is 12.1 Å². The van der Waals surface area contributed by atoms with Crippen molar-refractivity contribution in [1.82, 2.24) is 20.2 Å². The van der Waals surface area contributed by atoms with Crippen molar-refractivity contribution in [2.24, 2.45) is 0 Å². The van der Waals surface area contributed by atoms with Crippen LogP contribution in [0.2, 0.25) is 0 Å². The first-order valence-corrected chi connectivity index (χ1v) is 8.74. The lowest BCUT2D eigenvalue weighted by Crippen LogP contribution is -2.13. The second-order valence-electron chi connectivity index (χ2n) is 4.39. The van der Waals surface area contributed by atoms with Gasteiger partial charge in [0.25, 0.3) is 0 Å². The molecule has 0 bridgehead atoms. The van der Waals surface area contributed by atoms with Crippen molar-refractivity contribution in [3.05, 3.63) is 46.9 Å². The monoisotopic (exact) mass is 366 g/mol.